The van der Waals surface area contributed by atoms with E-state index in [1.165, 1.54) is 0 Å². The molecule has 0 bridgehead atoms. The van der Waals surface area contributed by atoms with E-state index >= 15 is 0 Å². The third-order valence-corrected chi connectivity index (χ3v) is 3.74. The summed E-state index contributed by atoms with van der Waals surface area (Å²) in [5.41, 5.74) is -0.468. The predicted molar refractivity (Wildman–Crippen MR) is 81.8 cm³/mol. The van der Waals surface area contributed by atoms with Crippen LogP contribution in [0.3, 0.4) is 0 Å². The summed E-state index contributed by atoms with van der Waals surface area (Å²) < 4.78 is 10.7. The fourth-order valence-corrected chi connectivity index (χ4v) is 2.65. The average molecular weight is 298 g/mol. The SMILES string of the molecule is CCCCCOC(=O)C1CCCC(C(=O)OC(C)(C)C)C1. The molecular formula is C17H30O4. The van der Waals surface area contributed by atoms with Crippen molar-refractivity contribution in [3.63, 3.8) is 0 Å². The molecule has 1 rings (SSSR count). The molecule has 0 aromatic rings. The Morgan fingerprint density at radius 1 is 1.05 bits per heavy atom. The Kier molecular flexibility index (Phi) is 7.20. The zero-order valence-corrected chi connectivity index (χ0v) is 13.9. The van der Waals surface area contributed by atoms with Gasteiger partial charge in [0.25, 0.3) is 0 Å². The molecule has 1 fully saturated rings. The summed E-state index contributed by atoms with van der Waals surface area (Å²) in [6, 6.07) is 0. The van der Waals surface area contributed by atoms with Gasteiger partial charge < -0.3 is 9.47 Å². The Balaban J connectivity index is 2.40. The van der Waals surface area contributed by atoms with E-state index in [2.05, 4.69) is 6.92 Å². The van der Waals surface area contributed by atoms with E-state index in [0.717, 1.165) is 38.5 Å². The third-order valence-electron chi connectivity index (χ3n) is 3.74. The summed E-state index contributed by atoms with van der Waals surface area (Å²) in [6.45, 7) is 8.22. The molecule has 0 saturated heterocycles. The van der Waals surface area contributed by atoms with E-state index < -0.39 is 5.60 Å². The fourth-order valence-electron chi connectivity index (χ4n) is 2.65. The van der Waals surface area contributed by atoms with Gasteiger partial charge in [0.2, 0.25) is 0 Å². The average Bonchev–Trinajstić information content (AvgIpc) is 2.41. The second-order valence-electron chi connectivity index (χ2n) is 6.97. The van der Waals surface area contributed by atoms with Crippen molar-refractivity contribution in [2.24, 2.45) is 11.8 Å². The van der Waals surface area contributed by atoms with Crippen LogP contribution < -0.4 is 0 Å². The van der Waals surface area contributed by atoms with Gasteiger partial charge in [0.15, 0.2) is 0 Å². The molecule has 0 radical (unpaired) electrons. The van der Waals surface area contributed by atoms with Crippen LogP contribution in [0, 0.1) is 11.8 Å². The second kappa shape index (κ2) is 8.40. The van der Waals surface area contributed by atoms with Gasteiger partial charge in [-0.25, -0.2) is 0 Å². The van der Waals surface area contributed by atoms with Crippen molar-refractivity contribution in [1.82, 2.24) is 0 Å². The van der Waals surface area contributed by atoms with E-state index in [4.69, 9.17) is 9.47 Å². The summed E-state index contributed by atoms with van der Waals surface area (Å²) in [4.78, 5) is 24.1. The van der Waals surface area contributed by atoms with E-state index in [0.29, 0.717) is 13.0 Å². The Hall–Kier alpha value is -1.06. The largest absolute Gasteiger partial charge is 0.465 e. The Morgan fingerprint density at radius 3 is 2.24 bits per heavy atom. The molecule has 0 amide bonds. The second-order valence-corrected chi connectivity index (χ2v) is 6.97. The molecule has 21 heavy (non-hydrogen) atoms. The summed E-state index contributed by atoms with van der Waals surface area (Å²) >= 11 is 0. The number of carbonyl (C=O) groups excluding carboxylic acids is 2. The molecule has 122 valence electrons. The van der Waals surface area contributed by atoms with Gasteiger partial charge in [0.1, 0.15) is 5.60 Å². The van der Waals surface area contributed by atoms with Crippen LogP contribution in [0.25, 0.3) is 0 Å². The minimum Gasteiger partial charge on any atom is -0.465 e. The van der Waals surface area contributed by atoms with Gasteiger partial charge in [-0.2, -0.15) is 0 Å². The molecule has 4 heteroatoms. The minimum absolute atomic E-state index is 0.139. The normalized spacial score (nSPS) is 22.7. The number of unbranched alkanes of at least 4 members (excludes halogenated alkanes) is 2. The molecular weight excluding hydrogens is 268 g/mol. The van der Waals surface area contributed by atoms with Crippen LogP contribution in [-0.4, -0.2) is 24.1 Å². The molecule has 1 aliphatic carbocycles. The number of carbonyl (C=O) groups is 2. The lowest BCUT2D eigenvalue weighted by atomic mass is 9.81. The summed E-state index contributed by atoms with van der Waals surface area (Å²) in [5.74, 6) is -0.616. The molecule has 0 aliphatic heterocycles. The number of ether oxygens (including phenoxy) is 2. The highest BCUT2D eigenvalue weighted by atomic mass is 16.6. The van der Waals surface area contributed by atoms with Gasteiger partial charge >= 0.3 is 11.9 Å². The van der Waals surface area contributed by atoms with Crippen molar-refractivity contribution >= 4 is 11.9 Å². The maximum absolute atomic E-state index is 12.1. The van der Waals surface area contributed by atoms with Crippen molar-refractivity contribution in [2.45, 2.75) is 78.2 Å². The van der Waals surface area contributed by atoms with Gasteiger partial charge in [-0.15, -0.1) is 0 Å². The predicted octanol–water partition coefficient (Wildman–Crippen LogP) is 3.87. The number of esters is 2. The maximum Gasteiger partial charge on any atom is 0.309 e. The Morgan fingerprint density at radius 2 is 1.67 bits per heavy atom. The Bertz CT molecular complexity index is 343. The molecule has 2 atom stereocenters. The highest BCUT2D eigenvalue weighted by Gasteiger charge is 2.34. The number of hydrogen-bond donors (Lipinski definition) is 0. The molecule has 0 aromatic carbocycles. The molecule has 0 spiro atoms. The zero-order valence-electron chi connectivity index (χ0n) is 13.9. The first-order valence-electron chi connectivity index (χ1n) is 8.23. The van der Waals surface area contributed by atoms with Crippen molar-refractivity contribution in [1.29, 1.82) is 0 Å². The van der Waals surface area contributed by atoms with Gasteiger partial charge in [0.05, 0.1) is 18.4 Å². The first kappa shape index (κ1) is 18.0. The molecule has 1 aliphatic rings. The van der Waals surface area contributed by atoms with Gasteiger partial charge in [0, 0.05) is 0 Å². The topological polar surface area (TPSA) is 52.6 Å². The van der Waals surface area contributed by atoms with Crippen molar-refractivity contribution < 1.29 is 19.1 Å². The van der Waals surface area contributed by atoms with Crippen molar-refractivity contribution in [2.75, 3.05) is 6.61 Å². The van der Waals surface area contributed by atoms with E-state index in [9.17, 15) is 9.59 Å². The van der Waals surface area contributed by atoms with Crippen LogP contribution in [0.5, 0.6) is 0 Å². The lowest BCUT2D eigenvalue weighted by Crippen LogP contribution is -2.33. The third kappa shape index (κ3) is 6.96. The highest BCUT2D eigenvalue weighted by molar-refractivity contribution is 5.76. The molecule has 1 saturated carbocycles. The molecule has 4 nitrogen and oxygen atoms in total. The molecule has 0 N–H and O–H groups in total. The smallest absolute Gasteiger partial charge is 0.309 e. The Labute approximate surface area is 128 Å². The fraction of sp³-hybridized carbons (Fsp3) is 0.882. The van der Waals surface area contributed by atoms with Crippen LogP contribution in [-0.2, 0) is 19.1 Å². The van der Waals surface area contributed by atoms with Crippen molar-refractivity contribution in [3.8, 4) is 0 Å². The molecule has 0 aromatic heterocycles. The van der Waals surface area contributed by atoms with Crippen LogP contribution in [0.15, 0.2) is 0 Å². The standard InChI is InChI=1S/C17H30O4/c1-5-6-7-11-20-15(18)13-9-8-10-14(12-13)16(19)21-17(2,3)4/h13-14H,5-12H2,1-4H3. The number of rotatable bonds is 6. The number of hydrogen-bond acceptors (Lipinski definition) is 4. The lowest BCUT2D eigenvalue weighted by molar-refractivity contribution is -0.163. The quantitative estimate of drug-likeness (QED) is 0.552. The monoisotopic (exact) mass is 298 g/mol. The first-order chi connectivity index (χ1) is 9.83. The maximum atomic E-state index is 12.1. The van der Waals surface area contributed by atoms with E-state index in [1.807, 2.05) is 20.8 Å². The highest BCUT2D eigenvalue weighted by Crippen LogP contribution is 2.31. The van der Waals surface area contributed by atoms with Gasteiger partial charge in [-0.1, -0.05) is 26.2 Å². The van der Waals surface area contributed by atoms with Crippen LogP contribution in [0.4, 0.5) is 0 Å². The summed E-state index contributed by atoms with van der Waals surface area (Å²) in [5, 5.41) is 0. The molecule has 2 unspecified atom stereocenters. The van der Waals surface area contributed by atoms with E-state index in [-0.39, 0.29) is 23.8 Å². The minimum atomic E-state index is -0.468. The summed E-state index contributed by atoms with van der Waals surface area (Å²) in [6.07, 6.45) is 6.21. The zero-order chi connectivity index (χ0) is 15.9. The van der Waals surface area contributed by atoms with Gasteiger partial charge in [-0.05, 0) is 46.5 Å². The van der Waals surface area contributed by atoms with E-state index in [1.54, 1.807) is 0 Å². The van der Waals surface area contributed by atoms with Gasteiger partial charge in [-0.3, -0.25) is 9.59 Å². The van der Waals surface area contributed by atoms with Crippen LogP contribution >= 0.6 is 0 Å². The molecule has 0 heterocycles. The first-order valence-corrected chi connectivity index (χ1v) is 8.23. The van der Waals surface area contributed by atoms with Crippen LogP contribution in [0.1, 0.15) is 72.6 Å². The lowest BCUT2D eigenvalue weighted by Gasteiger charge is -2.29. The van der Waals surface area contributed by atoms with Crippen LogP contribution in [0.2, 0.25) is 0 Å². The van der Waals surface area contributed by atoms with Crippen molar-refractivity contribution in [3.05, 3.63) is 0 Å². The summed E-state index contributed by atoms with van der Waals surface area (Å²) in [7, 11) is 0.